The summed E-state index contributed by atoms with van der Waals surface area (Å²) in [6, 6.07) is 2.53. The molecule has 0 heterocycles. The van der Waals surface area contributed by atoms with Gasteiger partial charge in [-0.05, 0) is 18.2 Å². The monoisotopic (exact) mass is 302 g/mol. The topological polar surface area (TPSA) is 72.2 Å². The van der Waals surface area contributed by atoms with Gasteiger partial charge in [-0.15, -0.1) is 0 Å². The highest BCUT2D eigenvalue weighted by atomic mass is 35.5. The average Bonchev–Trinajstić information content (AvgIpc) is 2.26. The molecule has 0 unspecified atom stereocenters. The highest BCUT2D eigenvalue weighted by molar-refractivity contribution is 7.89. The molecule has 18 heavy (non-hydrogen) atoms. The highest BCUT2D eigenvalue weighted by Crippen LogP contribution is 2.22. The predicted molar refractivity (Wildman–Crippen MR) is 60.6 cm³/mol. The Labute approximate surface area is 107 Å². The molecule has 4 nitrogen and oxygen atoms in total. The minimum Gasteiger partial charge on any atom is -0.325 e. The number of nitrogens with one attached hydrogen (secondary N) is 1. The van der Waals surface area contributed by atoms with E-state index in [1.165, 1.54) is 0 Å². The van der Waals surface area contributed by atoms with Gasteiger partial charge in [0.15, 0.2) is 0 Å². The Morgan fingerprint density at radius 2 is 2.00 bits per heavy atom. The van der Waals surface area contributed by atoms with E-state index in [2.05, 4.69) is 0 Å². The van der Waals surface area contributed by atoms with Crippen LogP contribution in [0.25, 0.3) is 0 Å². The molecule has 0 saturated heterocycles. The van der Waals surface area contributed by atoms with Gasteiger partial charge in [-0.25, -0.2) is 26.3 Å². The summed E-state index contributed by atoms with van der Waals surface area (Å²) in [6.07, 6.45) is 0. The maximum Gasteiger partial charge on any atom is 0.273 e. The van der Waals surface area contributed by atoms with Crippen molar-refractivity contribution in [2.24, 2.45) is 5.73 Å². The van der Waals surface area contributed by atoms with Crippen LogP contribution in [0.15, 0.2) is 23.1 Å². The number of hydrogen-bond donors (Lipinski definition) is 2. The minimum absolute atomic E-state index is 0.390. The molecule has 1 aromatic carbocycles. The van der Waals surface area contributed by atoms with Gasteiger partial charge in [0.1, 0.15) is 10.7 Å². The normalized spacial score (nSPS) is 12.7. The van der Waals surface area contributed by atoms with E-state index in [9.17, 15) is 21.6 Å². The van der Waals surface area contributed by atoms with Crippen molar-refractivity contribution >= 4 is 21.6 Å². The summed E-state index contributed by atoms with van der Waals surface area (Å²) in [5.41, 5.74) is 4.76. The lowest BCUT2D eigenvalue weighted by atomic mass is 10.3. The summed E-state index contributed by atoms with van der Waals surface area (Å²) >= 11 is 5.53. The number of benzene rings is 1. The second kappa shape index (κ2) is 5.43. The fourth-order valence-electron chi connectivity index (χ4n) is 1.04. The fraction of sp³-hybridized carbons (Fsp3) is 0.333. The first kappa shape index (κ1) is 15.2. The number of hydrogen-bond acceptors (Lipinski definition) is 3. The van der Waals surface area contributed by atoms with Crippen molar-refractivity contribution in [2.45, 2.75) is 10.8 Å². The first-order chi connectivity index (χ1) is 8.18. The van der Waals surface area contributed by atoms with Gasteiger partial charge in [-0.3, -0.25) is 0 Å². The molecule has 102 valence electrons. The molecule has 1 aromatic rings. The van der Waals surface area contributed by atoms with Crippen molar-refractivity contribution in [2.75, 3.05) is 13.1 Å². The molecule has 0 spiro atoms. The molecule has 0 aliphatic carbocycles. The summed E-state index contributed by atoms with van der Waals surface area (Å²) in [7, 11) is -4.24. The van der Waals surface area contributed by atoms with E-state index < -0.39 is 44.8 Å². The van der Waals surface area contributed by atoms with Gasteiger partial charge in [0.25, 0.3) is 5.92 Å². The van der Waals surface area contributed by atoms with Gasteiger partial charge < -0.3 is 5.73 Å². The first-order valence-corrected chi connectivity index (χ1v) is 6.57. The third-order valence-corrected chi connectivity index (χ3v) is 3.89. The number of alkyl halides is 2. The Hall–Kier alpha value is -0.830. The molecular formula is C9H10ClF3N2O2S. The molecule has 1 rings (SSSR count). The van der Waals surface area contributed by atoms with E-state index in [0.717, 1.165) is 18.2 Å². The van der Waals surface area contributed by atoms with E-state index in [1.807, 2.05) is 0 Å². The van der Waals surface area contributed by atoms with Crippen LogP contribution in [0.3, 0.4) is 0 Å². The minimum atomic E-state index is -4.24. The number of halogens is 4. The fourth-order valence-corrected chi connectivity index (χ4v) is 2.64. The third-order valence-electron chi connectivity index (χ3n) is 2.00. The van der Waals surface area contributed by atoms with Crippen LogP contribution in [-0.2, 0) is 10.0 Å². The number of nitrogens with two attached hydrogens (primary N) is 1. The summed E-state index contributed by atoms with van der Waals surface area (Å²) in [5, 5.41) is -0.390. The summed E-state index contributed by atoms with van der Waals surface area (Å²) in [4.78, 5) is -0.474. The SMILES string of the molecule is NCC(F)(F)CNS(=O)(=O)c1ccc(F)cc1Cl. The third kappa shape index (κ3) is 3.84. The molecule has 0 atom stereocenters. The van der Waals surface area contributed by atoms with Crippen molar-refractivity contribution in [1.82, 2.24) is 4.72 Å². The number of sulfonamides is 1. The summed E-state index contributed by atoms with van der Waals surface area (Å²) in [5.74, 6) is -4.09. The van der Waals surface area contributed by atoms with Crippen LogP contribution < -0.4 is 10.5 Å². The van der Waals surface area contributed by atoms with E-state index in [4.69, 9.17) is 17.3 Å². The zero-order valence-corrected chi connectivity index (χ0v) is 10.5. The molecule has 0 radical (unpaired) electrons. The first-order valence-electron chi connectivity index (χ1n) is 4.70. The molecule has 3 N–H and O–H groups in total. The van der Waals surface area contributed by atoms with Gasteiger partial charge in [0.05, 0.1) is 18.1 Å². The lowest BCUT2D eigenvalue weighted by molar-refractivity contribution is 0.0170. The zero-order valence-electron chi connectivity index (χ0n) is 8.96. The largest absolute Gasteiger partial charge is 0.325 e. The second-order valence-electron chi connectivity index (χ2n) is 3.46. The Morgan fingerprint density at radius 1 is 1.39 bits per heavy atom. The van der Waals surface area contributed by atoms with Gasteiger partial charge >= 0.3 is 0 Å². The summed E-state index contributed by atoms with van der Waals surface area (Å²) < 4.78 is 63.3. The molecule has 9 heteroatoms. The van der Waals surface area contributed by atoms with Crippen LogP contribution in [0.2, 0.25) is 5.02 Å². The van der Waals surface area contributed by atoms with Crippen molar-refractivity contribution in [3.05, 3.63) is 29.0 Å². The lowest BCUT2D eigenvalue weighted by Gasteiger charge is -2.15. The van der Waals surface area contributed by atoms with Crippen molar-refractivity contribution in [3.8, 4) is 0 Å². The van der Waals surface area contributed by atoms with Crippen molar-refractivity contribution in [3.63, 3.8) is 0 Å². The molecule has 0 aliphatic heterocycles. The van der Waals surface area contributed by atoms with Crippen LogP contribution in [0, 0.1) is 5.82 Å². The smallest absolute Gasteiger partial charge is 0.273 e. The second-order valence-corrected chi connectivity index (χ2v) is 5.60. The number of rotatable bonds is 5. The molecule has 0 aromatic heterocycles. The zero-order chi connectivity index (χ0) is 14.0. The molecule has 0 bridgehead atoms. The standard InChI is InChI=1S/C9H10ClF3N2O2S/c10-7-3-6(11)1-2-8(7)18(16,17)15-5-9(12,13)4-14/h1-3,15H,4-5,14H2. The van der Waals surface area contributed by atoms with E-state index >= 15 is 0 Å². The van der Waals surface area contributed by atoms with Gasteiger partial charge in [0, 0.05) is 0 Å². The van der Waals surface area contributed by atoms with E-state index in [-0.39, 0.29) is 0 Å². The van der Waals surface area contributed by atoms with Crippen molar-refractivity contribution < 1.29 is 21.6 Å². The Morgan fingerprint density at radius 3 is 2.50 bits per heavy atom. The van der Waals surface area contributed by atoms with Gasteiger partial charge in [-0.2, -0.15) is 0 Å². The Kier molecular flexibility index (Phi) is 4.60. The quantitative estimate of drug-likeness (QED) is 0.862. The van der Waals surface area contributed by atoms with Crippen LogP contribution in [0.5, 0.6) is 0 Å². The molecule has 0 amide bonds. The Bertz CT molecular complexity index is 537. The van der Waals surface area contributed by atoms with Crippen LogP contribution >= 0.6 is 11.6 Å². The van der Waals surface area contributed by atoms with Gasteiger partial charge in [0.2, 0.25) is 10.0 Å². The van der Waals surface area contributed by atoms with E-state index in [0.29, 0.717) is 0 Å². The maximum atomic E-state index is 12.8. The predicted octanol–water partition coefficient (Wildman–Crippen LogP) is 1.35. The van der Waals surface area contributed by atoms with E-state index in [1.54, 1.807) is 4.72 Å². The lowest BCUT2D eigenvalue weighted by Crippen LogP contribution is -2.41. The van der Waals surface area contributed by atoms with Crippen LogP contribution in [-0.4, -0.2) is 27.4 Å². The maximum absolute atomic E-state index is 12.8. The van der Waals surface area contributed by atoms with Gasteiger partial charge in [-0.1, -0.05) is 11.6 Å². The van der Waals surface area contributed by atoms with Crippen molar-refractivity contribution in [1.29, 1.82) is 0 Å². The summed E-state index contributed by atoms with van der Waals surface area (Å²) in [6.45, 7) is -2.15. The molecule has 0 fully saturated rings. The Balaban J connectivity index is 2.94. The average molecular weight is 303 g/mol. The van der Waals surface area contributed by atoms with Crippen LogP contribution in [0.1, 0.15) is 0 Å². The molecular weight excluding hydrogens is 293 g/mol. The molecule has 0 aliphatic rings. The van der Waals surface area contributed by atoms with Crippen LogP contribution in [0.4, 0.5) is 13.2 Å². The highest BCUT2D eigenvalue weighted by Gasteiger charge is 2.30. The molecule has 0 saturated carbocycles.